The van der Waals surface area contributed by atoms with Crippen molar-refractivity contribution in [3.05, 3.63) is 45.4 Å². The SMILES string of the molecule is Cc1cnc(C(C)NC(=O)c2cccc(C)c2O)s1. The van der Waals surface area contributed by atoms with Crippen LogP contribution in [0.25, 0.3) is 0 Å². The number of nitrogens with zero attached hydrogens (tertiary/aromatic N) is 1. The smallest absolute Gasteiger partial charge is 0.255 e. The molecule has 1 amide bonds. The van der Waals surface area contributed by atoms with Crippen LogP contribution in [0.3, 0.4) is 0 Å². The Morgan fingerprint density at radius 1 is 1.42 bits per heavy atom. The molecule has 0 saturated heterocycles. The first-order valence-corrected chi connectivity index (χ1v) is 6.82. The normalized spacial score (nSPS) is 12.2. The summed E-state index contributed by atoms with van der Waals surface area (Å²) in [4.78, 5) is 17.5. The molecule has 0 aliphatic heterocycles. The molecule has 0 spiro atoms. The van der Waals surface area contributed by atoms with Crippen molar-refractivity contribution in [2.45, 2.75) is 26.8 Å². The van der Waals surface area contributed by atoms with Crippen molar-refractivity contribution in [2.75, 3.05) is 0 Å². The van der Waals surface area contributed by atoms with Crippen LogP contribution in [-0.2, 0) is 0 Å². The van der Waals surface area contributed by atoms with E-state index in [1.54, 1.807) is 42.7 Å². The van der Waals surface area contributed by atoms with Crippen molar-refractivity contribution in [1.82, 2.24) is 10.3 Å². The Labute approximate surface area is 116 Å². The van der Waals surface area contributed by atoms with Gasteiger partial charge in [0.25, 0.3) is 5.91 Å². The van der Waals surface area contributed by atoms with E-state index in [2.05, 4.69) is 10.3 Å². The molecule has 2 N–H and O–H groups in total. The number of hydrogen-bond donors (Lipinski definition) is 2. The molecule has 2 aromatic rings. The Morgan fingerprint density at radius 2 is 2.16 bits per heavy atom. The maximum Gasteiger partial charge on any atom is 0.255 e. The van der Waals surface area contributed by atoms with Gasteiger partial charge in [-0.25, -0.2) is 4.98 Å². The third kappa shape index (κ3) is 2.93. The molecule has 1 unspecified atom stereocenters. The number of aromatic nitrogens is 1. The van der Waals surface area contributed by atoms with Gasteiger partial charge in [-0.2, -0.15) is 0 Å². The number of carbonyl (C=O) groups excluding carboxylic acids is 1. The number of nitrogens with one attached hydrogen (secondary N) is 1. The van der Waals surface area contributed by atoms with Crippen molar-refractivity contribution in [1.29, 1.82) is 0 Å². The van der Waals surface area contributed by atoms with E-state index in [0.717, 1.165) is 9.88 Å². The van der Waals surface area contributed by atoms with Crippen LogP contribution in [0, 0.1) is 13.8 Å². The molecule has 1 atom stereocenters. The van der Waals surface area contributed by atoms with E-state index < -0.39 is 0 Å². The molecule has 5 heteroatoms. The number of benzene rings is 1. The van der Waals surface area contributed by atoms with Crippen LogP contribution in [0.1, 0.15) is 38.8 Å². The fraction of sp³-hybridized carbons (Fsp3) is 0.286. The summed E-state index contributed by atoms with van der Waals surface area (Å²) in [6.45, 7) is 5.62. The molecule has 0 saturated carbocycles. The molecule has 0 fully saturated rings. The van der Waals surface area contributed by atoms with Crippen LogP contribution in [0.5, 0.6) is 5.75 Å². The van der Waals surface area contributed by atoms with Gasteiger partial charge in [0.15, 0.2) is 0 Å². The van der Waals surface area contributed by atoms with Crippen molar-refractivity contribution < 1.29 is 9.90 Å². The van der Waals surface area contributed by atoms with Crippen LogP contribution in [0.15, 0.2) is 24.4 Å². The number of thiazole rings is 1. The van der Waals surface area contributed by atoms with Gasteiger partial charge in [-0.15, -0.1) is 11.3 Å². The van der Waals surface area contributed by atoms with E-state index in [9.17, 15) is 9.90 Å². The number of para-hydroxylation sites is 1. The molecular weight excluding hydrogens is 260 g/mol. The zero-order valence-electron chi connectivity index (χ0n) is 11.1. The second kappa shape index (κ2) is 5.40. The zero-order chi connectivity index (χ0) is 14.0. The molecule has 1 aromatic heterocycles. The van der Waals surface area contributed by atoms with E-state index >= 15 is 0 Å². The second-order valence-corrected chi connectivity index (χ2v) is 5.74. The van der Waals surface area contributed by atoms with Crippen LogP contribution in [0.2, 0.25) is 0 Å². The fourth-order valence-electron chi connectivity index (χ4n) is 1.75. The number of rotatable bonds is 3. The lowest BCUT2D eigenvalue weighted by Crippen LogP contribution is -2.26. The Balaban J connectivity index is 2.15. The highest BCUT2D eigenvalue weighted by Gasteiger charge is 2.17. The van der Waals surface area contributed by atoms with Crippen molar-refractivity contribution in [3.8, 4) is 5.75 Å². The Bertz CT molecular complexity index is 607. The number of aryl methyl sites for hydroxylation is 2. The summed E-state index contributed by atoms with van der Waals surface area (Å²) in [7, 11) is 0. The Morgan fingerprint density at radius 3 is 2.79 bits per heavy atom. The van der Waals surface area contributed by atoms with Crippen LogP contribution in [-0.4, -0.2) is 16.0 Å². The molecule has 1 heterocycles. The van der Waals surface area contributed by atoms with Gasteiger partial charge in [0.05, 0.1) is 11.6 Å². The molecule has 0 aliphatic carbocycles. The minimum atomic E-state index is -0.290. The van der Waals surface area contributed by atoms with Crippen molar-refractivity contribution in [3.63, 3.8) is 0 Å². The van der Waals surface area contributed by atoms with Gasteiger partial charge in [0.2, 0.25) is 0 Å². The molecule has 2 rings (SSSR count). The summed E-state index contributed by atoms with van der Waals surface area (Å²) in [5.41, 5.74) is 0.977. The van der Waals surface area contributed by atoms with Gasteiger partial charge in [0.1, 0.15) is 10.8 Å². The first-order valence-electron chi connectivity index (χ1n) is 6.01. The maximum absolute atomic E-state index is 12.1. The molecule has 0 bridgehead atoms. The number of amides is 1. The minimum absolute atomic E-state index is 0.0301. The van der Waals surface area contributed by atoms with E-state index in [1.165, 1.54) is 0 Å². The quantitative estimate of drug-likeness (QED) is 0.906. The Kier molecular flexibility index (Phi) is 3.85. The van der Waals surface area contributed by atoms with E-state index in [-0.39, 0.29) is 17.7 Å². The molecule has 4 nitrogen and oxygen atoms in total. The van der Waals surface area contributed by atoms with E-state index in [4.69, 9.17) is 0 Å². The second-order valence-electron chi connectivity index (χ2n) is 4.48. The maximum atomic E-state index is 12.1. The first-order chi connectivity index (χ1) is 8.99. The zero-order valence-corrected chi connectivity index (χ0v) is 11.9. The van der Waals surface area contributed by atoms with Gasteiger partial charge in [-0.3, -0.25) is 4.79 Å². The van der Waals surface area contributed by atoms with Gasteiger partial charge in [0, 0.05) is 11.1 Å². The largest absolute Gasteiger partial charge is 0.507 e. The standard InChI is InChI=1S/C14H16N2O2S/c1-8-5-4-6-11(12(8)17)13(18)16-10(3)14-15-7-9(2)19-14/h4-7,10,17H,1-3H3,(H,16,18). The van der Waals surface area contributed by atoms with E-state index in [0.29, 0.717) is 11.1 Å². The van der Waals surface area contributed by atoms with Crippen molar-refractivity contribution >= 4 is 17.2 Å². The number of carbonyl (C=O) groups is 1. The monoisotopic (exact) mass is 276 g/mol. The molecular formula is C14H16N2O2S. The molecule has 100 valence electrons. The summed E-state index contributed by atoms with van der Waals surface area (Å²) in [6, 6.07) is 4.95. The summed E-state index contributed by atoms with van der Waals surface area (Å²) < 4.78 is 0. The average molecular weight is 276 g/mol. The Hall–Kier alpha value is -1.88. The van der Waals surface area contributed by atoms with Crippen LogP contribution < -0.4 is 5.32 Å². The fourth-order valence-corrected chi connectivity index (χ4v) is 2.53. The highest BCUT2D eigenvalue weighted by atomic mass is 32.1. The van der Waals surface area contributed by atoms with Crippen LogP contribution >= 0.6 is 11.3 Å². The predicted molar refractivity (Wildman–Crippen MR) is 75.6 cm³/mol. The lowest BCUT2D eigenvalue weighted by molar-refractivity contribution is 0.0937. The van der Waals surface area contributed by atoms with Gasteiger partial charge in [-0.05, 0) is 32.4 Å². The molecule has 19 heavy (non-hydrogen) atoms. The average Bonchev–Trinajstić information content (AvgIpc) is 2.79. The van der Waals surface area contributed by atoms with Crippen LogP contribution in [0.4, 0.5) is 0 Å². The summed E-state index contributed by atoms with van der Waals surface area (Å²) in [5.74, 6) is -0.260. The number of phenolic OH excluding ortho intramolecular Hbond substituents is 1. The third-order valence-corrected chi connectivity index (χ3v) is 3.94. The number of aromatic hydroxyl groups is 1. The number of phenols is 1. The van der Waals surface area contributed by atoms with Gasteiger partial charge in [-0.1, -0.05) is 12.1 Å². The highest BCUT2D eigenvalue weighted by molar-refractivity contribution is 7.11. The lowest BCUT2D eigenvalue weighted by Gasteiger charge is -2.12. The molecule has 0 radical (unpaired) electrons. The summed E-state index contributed by atoms with van der Waals surface area (Å²) in [5, 5.41) is 13.6. The van der Waals surface area contributed by atoms with Crippen molar-refractivity contribution in [2.24, 2.45) is 0 Å². The third-order valence-electron chi connectivity index (χ3n) is 2.84. The van der Waals surface area contributed by atoms with Gasteiger partial charge >= 0.3 is 0 Å². The first kappa shape index (κ1) is 13.5. The van der Waals surface area contributed by atoms with E-state index in [1.807, 2.05) is 13.8 Å². The summed E-state index contributed by atoms with van der Waals surface area (Å²) in [6.07, 6.45) is 1.78. The topological polar surface area (TPSA) is 62.2 Å². The predicted octanol–water partition coefficient (Wildman–Crippen LogP) is 2.96. The van der Waals surface area contributed by atoms with Gasteiger partial charge < -0.3 is 10.4 Å². The minimum Gasteiger partial charge on any atom is -0.507 e. The highest BCUT2D eigenvalue weighted by Crippen LogP contribution is 2.23. The molecule has 1 aromatic carbocycles. The summed E-state index contributed by atoms with van der Waals surface area (Å²) >= 11 is 1.55. The number of hydrogen-bond acceptors (Lipinski definition) is 4. The molecule has 0 aliphatic rings. The lowest BCUT2D eigenvalue weighted by atomic mass is 10.1.